The van der Waals surface area contributed by atoms with Crippen LogP contribution in [0.3, 0.4) is 0 Å². The molecule has 3 amide bonds. The van der Waals surface area contributed by atoms with E-state index in [1.807, 2.05) is 0 Å². The first kappa shape index (κ1) is 22.1. The Labute approximate surface area is 176 Å². The van der Waals surface area contributed by atoms with Crippen molar-refractivity contribution < 1.29 is 23.9 Å². The highest BCUT2D eigenvalue weighted by Gasteiger charge is 2.20. The highest BCUT2D eigenvalue weighted by Crippen LogP contribution is 2.21. The highest BCUT2D eigenvalue weighted by molar-refractivity contribution is 9.10. The molecule has 9 heteroatoms. The number of halogens is 1. The van der Waals surface area contributed by atoms with Crippen LogP contribution in [0.5, 0.6) is 0 Å². The van der Waals surface area contributed by atoms with E-state index in [4.69, 9.17) is 4.74 Å². The monoisotopic (exact) mass is 461 g/mol. The molecule has 2 aromatic rings. The van der Waals surface area contributed by atoms with Crippen LogP contribution in [0.2, 0.25) is 0 Å². The number of esters is 1. The van der Waals surface area contributed by atoms with E-state index in [2.05, 4.69) is 31.9 Å². The zero-order valence-electron chi connectivity index (χ0n) is 16.0. The average molecular weight is 462 g/mol. The summed E-state index contributed by atoms with van der Waals surface area (Å²) in [7, 11) is 0. The minimum absolute atomic E-state index is 0.0725. The molecule has 152 valence electrons. The molecule has 29 heavy (non-hydrogen) atoms. The molecule has 0 aliphatic heterocycles. The van der Waals surface area contributed by atoms with Gasteiger partial charge >= 0.3 is 5.97 Å². The minimum atomic E-state index is -1.07. The SMILES string of the molecule is CC(=O)Nc1cc(NC(C)=O)cc(C(=O)OC(C)C(=O)Nc2ccc(Br)cc2)c1. The van der Waals surface area contributed by atoms with Gasteiger partial charge in [0.25, 0.3) is 5.91 Å². The molecule has 8 nitrogen and oxygen atoms in total. The van der Waals surface area contributed by atoms with E-state index in [0.29, 0.717) is 17.1 Å². The summed E-state index contributed by atoms with van der Waals surface area (Å²) < 4.78 is 6.09. The van der Waals surface area contributed by atoms with Gasteiger partial charge in [0.05, 0.1) is 5.56 Å². The highest BCUT2D eigenvalue weighted by atomic mass is 79.9. The van der Waals surface area contributed by atoms with E-state index in [0.717, 1.165) is 4.47 Å². The van der Waals surface area contributed by atoms with Gasteiger partial charge in [0.15, 0.2) is 6.10 Å². The van der Waals surface area contributed by atoms with Crippen LogP contribution in [0.25, 0.3) is 0 Å². The van der Waals surface area contributed by atoms with Gasteiger partial charge in [-0.25, -0.2) is 4.79 Å². The quantitative estimate of drug-likeness (QED) is 0.569. The maximum Gasteiger partial charge on any atom is 0.339 e. The topological polar surface area (TPSA) is 114 Å². The van der Waals surface area contributed by atoms with Gasteiger partial charge in [-0.2, -0.15) is 0 Å². The number of hydrogen-bond acceptors (Lipinski definition) is 5. The Morgan fingerprint density at radius 2 is 1.34 bits per heavy atom. The lowest BCUT2D eigenvalue weighted by atomic mass is 10.1. The van der Waals surface area contributed by atoms with Gasteiger partial charge in [-0.3, -0.25) is 14.4 Å². The van der Waals surface area contributed by atoms with Crippen LogP contribution in [0.4, 0.5) is 17.1 Å². The molecule has 0 fully saturated rings. The number of amides is 3. The van der Waals surface area contributed by atoms with Crippen molar-refractivity contribution >= 4 is 56.7 Å². The lowest BCUT2D eigenvalue weighted by molar-refractivity contribution is -0.123. The van der Waals surface area contributed by atoms with Gasteiger partial charge in [0, 0.05) is 35.4 Å². The lowest BCUT2D eigenvalue weighted by Gasteiger charge is -2.15. The Morgan fingerprint density at radius 1 is 0.828 bits per heavy atom. The number of rotatable bonds is 6. The Morgan fingerprint density at radius 3 is 1.83 bits per heavy atom. The third kappa shape index (κ3) is 7.04. The molecule has 0 aliphatic carbocycles. The number of carbonyl (C=O) groups is 4. The van der Waals surface area contributed by atoms with E-state index in [9.17, 15) is 19.2 Å². The van der Waals surface area contributed by atoms with Crippen molar-refractivity contribution in [3.8, 4) is 0 Å². The Bertz CT molecular complexity index is 909. The molecule has 0 radical (unpaired) electrons. The zero-order chi connectivity index (χ0) is 21.6. The van der Waals surface area contributed by atoms with Crippen LogP contribution in [0.15, 0.2) is 46.9 Å². The van der Waals surface area contributed by atoms with Gasteiger partial charge in [-0.1, -0.05) is 15.9 Å². The largest absolute Gasteiger partial charge is 0.449 e. The first-order chi connectivity index (χ1) is 13.6. The molecule has 1 unspecified atom stereocenters. The van der Waals surface area contributed by atoms with Crippen LogP contribution >= 0.6 is 15.9 Å². The third-order valence-corrected chi connectivity index (χ3v) is 4.10. The van der Waals surface area contributed by atoms with Crippen molar-refractivity contribution in [2.75, 3.05) is 16.0 Å². The summed E-state index contributed by atoms with van der Waals surface area (Å²) >= 11 is 3.31. The van der Waals surface area contributed by atoms with Gasteiger partial charge in [0.2, 0.25) is 11.8 Å². The van der Waals surface area contributed by atoms with E-state index < -0.39 is 18.0 Å². The second-order valence-electron chi connectivity index (χ2n) is 6.21. The second-order valence-corrected chi connectivity index (χ2v) is 7.12. The van der Waals surface area contributed by atoms with Crippen molar-refractivity contribution in [1.82, 2.24) is 0 Å². The van der Waals surface area contributed by atoms with Crippen molar-refractivity contribution in [1.29, 1.82) is 0 Å². The summed E-state index contributed by atoms with van der Waals surface area (Å²) in [6, 6.07) is 11.2. The van der Waals surface area contributed by atoms with Crippen molar-refractivity contribution in [3.63, 3.8) is 0 Å². The molecule has 1 atom stereocenters. The normalized spacial score (nSPS) is 11.2. The maximum atomic E-state index is 12.5. The molecule has 0 saturated heterocycles. The van der Waals surface area contributed by atoms with Crippen molar-refractivity contribution in [2.24, 2.45) is 0 Å². The van der Waals surface area contributed by atoms with Gasteiger partial charge < -0.3 is 20.7 Å². The molecule has 0 spiro atoms. The predicted molar refractivity (Wildman–Crippen MR) is 113 cm³/mol. The summed E-state index contributed by atoms with van der Waals surface area (Å²) in [6.45, 7) is 4.08. The third-order valence-electron chi connectivity index (χ3n) is 3.57. The van der Waals surface area contributed by atoms with Crippen molar-refractivity contribution in [3.05, 3.63) is 52.5 Å². The molecule has 0 aliphatic rings. The van der Waals surface area contributed by atoms with E-state index >= 15 is 0 Å². The van der Waals surface area contributed by atoms with Gasteiger partial charge in [-0.05, 0) is 49.4 Å². The number of nitrogens with one attached hydrogen (secondary N) is 3. The average Bonchev–Trinajstić information content (AvgIpc) is 2.62. The zero-order valence-corrected chi connectivity index (χ0v) is 17.6. The predicted octanol–water partition coefficient (Wildman–Crippen LogP) is 3.55. The first-order valence-corrected chi connectivity index (χ1v) is 9.41. The van der Waals surface area contributed by atoms with Crippen LogP contribution in [0.1, 0.15) is 31.1 Å². The number of carbonyl (C=O) groups excluding carboxylic acids is 4. The Hall–Kier alpha value is -3.20. The molecule has 0 bridgehead atoms. The molecule has 2 aromatic carbocycles. The molecular formula is C20H20BrN3O5. The summed E-state index contributed by atoms with van der Waals surface area (Å²) in [4.78, 5) is 47.4. The summed E-state index contributed by atoms with van der Waals surface area (Å²) in [5.74, 6) is -1.96. The number of benzene rings is 2. The molecule has 3 N–H and O–H groups in total. The molecule has 0 heterocycles. The maximum absolute atomic E-state index is 12.5. The summed E-state index contributed by atoms with van der Waals surface area (Å²) in [5, 5.41) is 7.74. The second kappa shape index (κ2) is 9.83. The van der Waals surface area contributed by atoms with E-state index in [-0.39, 0.29) is 17.4 Å². The van der Waals surface area contributed by atoms with Gasteiger partial charge in [-0.15, -0.1) is 0 Å². The number of hydrogen-bond donors (Lipinski definition) is 3. The van der Waals surface area contributed by atoms with E-state index in [1.54, 1.807) is 24.3 Å². The fourth-order valence-corrected chi connectivity index (χ4v) is 2.62. The number of anilines is 3. The Balaban J connectivity index is 2.12. The van der Waals surface area contributed by atoms with Crippen LogP contribution in [-0.4, -0.2) is 29.8 Å². The van der Waals surface area contributed by atoms with E-state index in [1.165, 1.54) is 39.0 Å². The minimum Gasteiger partial charge on any atom is -0.449 e. The molecule has 0 saturated carbocycles. The number of ether oxygens (including phenoxy) is 1. The van der Waals surface area contributed by atoms with Crippen LogP contribution < -0.4 is 16.0 Å². The summed E-state index contributed by atoms with van der Waals surface area (Å²) in [6.07, 6.45) is -1.07. The molecular weight excluding hydrogens is 442 g/mol. The standard InChI is InChI=1S/C20H20BrN3O5/c1-11(19(27)24-16-6-4-15(21)5-7-16)29-20(28)14-8-17(22-12(2)25)10-18(9-14)23-13(3)26/h4-11H,1-3H3,(H,22,25)(H,23,26)(H,24,27). The molecule has 2 rings (SSSR count). The van der Waals surface area contributed by atoms with Crippen LogP contribution in [0, 0.1) is 0 Å². The van der Waals surface area contributed by atoms with Crippen molar-refractivity contribution in [2.45, 2.75) is 26.9 Å². The summed E-state index contributed by atoms with van der Waals surface area (Å²) in [5.41, 5.74) is 1.25. The Kier molecular flexibility index (Phi) is 7.49. The smallest absolute Gasteiger partial charge is 0.339 e. The van der Waals surface area contributed by atoms with Gasteiger partial charge in [0.1, 0.15) is 0 Å². The molecule has 0 aromatic heterocycles. The van der Waals surface area contributed by atoms with Crippen LogP contribution in [-0.2, 0) is 19.1 Å². The fraction of sp³-hybridized carbons (Fsp3) is 0.200. The first-order valence-electron chi connectivity index (χ1n) is 8.61. The fourth-order valence-electron chi connectivity index (χ4n) is 2.36. The lowest BCUT2D eigenvalue weighted by Crippen LogP contribution is -2.30.